The highest BCUT2D eigenvalue weighted by Crippen LogP contribution is 2.47. The minimum absolute atomic E-state index is 0.812. The van der Waals surface area contributed by atoms with Gasteiger partial charge in [0.15, 0.2) is 0 Å². The molecule has 70 valence electrons. The highest BCUT2D eigenvalue weighted by molar-refractivity contribution is 5.00. The number of hydrogen-bond acceptors (Lipinski definition) is 2. The molecule has 0 aromatic heterocycles. The maximum Gasteiger partial charge on any atom is 0.0107 e. The van der Waals surface area contributed by atoms with Crippen LogP contribution in [0.3, 0.4) is 0 Å². The summed E-state index contributed by atoms with van der Waals surface area (Å²) in [5.41, 5.74) is 0.812. The van der Waals surface area contributed by atoms with E-state index in [9.17, 15) is 0 Å². The fourth-order valence-corrected chi connectivity index (χ4v) is 2.47. The lowest BCUT2D eigenvalue weighted by atomic mass is 9.63. The molecule has 1 saturated heterocycles. The maximum atomic E-state index is 3.37. The standard InChI is InChI=1S/C10H20N2/c1-2-11-6-7-12-8-10(9-12)4-3-5-10/h11H,2-9H2,1H3. The van der Waals surface area contributed by atoms with Gasteiger partial charge in [-0.3, -0.25) is 0 Å². The van der Waals surface area contributed by atoms with Crippen molar-refractivity contribution >= 4 is 0 Å². The Labute approximate surface area is 75.3 Å². The Morgan fingerprint density at radius 2 is 2.08 bits per heavy atom. The van der Waals surface area contributed by atoms with Gasteiger partial charge in [0.2, 0.25) is 0 Å². The second-order valence-corrected chi connectivity index (χ2v) is 4.42. The van der Waals surface area contributed by atoms with Gasteiger partial charge in [-0.05, 0) is 24.8 Å². The van der Waals surface area contributed by atoms with E-state index in [0.717, 1.165) is 12.0 Å². The average Bonchev–Trinajstić information content (AvgIpc) is 1.90. The SMILES string of the molecule is CCNCCN1CC2(CCC2)C1. The van der Waals surface area contributed by atoms with Gasteiger partial charge in [0.1, 0.15) is 0 Å². The first-order valence-electron chi connectivity index (χ1n) is 5.28. The largest absolute Gasteiger partial charge is 0.316 e. The first-order chi connectivity index (χ1) is 5.85. The summed E-state index contributed by atoms with van der Waals surface area (Å²) in [5.74, 6) is 0. The summed E-state index contributed by atoms with van der Waals surface area (Å²) in [6.45, 7) is 8.49. The smallest absolute Gasteiger partial charge is 0.0107 e. The Morgan fingerprint density at radius 1 is 1.33 bits per heavy atom. The molecule has 2 rings (SSSR count). The summed E-state index contributed by atoms with van der Waals surface area (Å²) >= 11 is 0. The second-order valence-electron chi connectivity index (χ2n) is 4.42. The third-order valence-electron chi connectivity index (χ3n) is 3.39. The lowest BCUT2D eigenvalue weighted by Gasteiger charge is -2.56. The van der Waals surface area contributed by atoms with E-state index in [-0.39, 0.29) is 0 Å². The Kier molecular flexibility index (Phi) is 2.37. The van der Waals surface area contributed by atoms with E-state index in [0.29, 0.717) is 0 Å². The van der Waals surface area contributed by atoms with Gasteiger partial charge in [0, 0.05) is 26.2 Å². The van der Waals surface area contributed by atoms with E-state index in [1.54, 1.807) is 0 Å². The van der Waals surface area contributed by atoms with Crippen molar-refractivity contribution in [2.24, 2.45) is 5.41 Å². The molecule has 2 aliphatic rings. The molecule has 0 aromatic carbocycles. The van der Waals surface area contributed by atoms with Crippen LogP contribution in [0.15, 0.2) is 0 Å². The van der Waals surface area contributed by atoms with Crippen molar-refractivity contribution in [3.8, 4) is 0 Å². The highest BCUT2D eigenvalue weighted by Gasteiger charge is 2.46. The van der Waals surface area contributed by atoms with E-state index in [1.165, 1.54) is 45.4 Å². The third kappa shape index (κ3) is 1.50. The van der Waals surface area contributed by atoms with Crippen molar-refractivity contribution in [3.05, 3.63) is 0 Å². The zero-order valence-electron chi connectivity index (χ0n) is 8.10. The first-order valence-corrected chi connectivity index (χ1v) is 5.28. The van der Waals surface area contributed by atoms with Crippen molar-refractivity contribution in [1.82, 2.24) is 10.2 Å². The molecule has 1 heterocycles. The van der Waals surface area contributed by atoms with Gasteiger partial charge in [-0.15, -0.1) is 0 Å². The minimum atomic E-state index is 0.812. The third-order valence-corrected chi connectivity index (χ3v) is 3.39. The van der Waals surface area contributed by atoms with Crippen LogP contribution >= 0.6 is 0 Å². The molecule has 1 N–H and O–H groups in total. The molecule has 2 nitrogen and oxygen atoms in total. The van der Waals surface area contributed by atoms with Gasteiger partial charge in [-0.25, -0.2) is 0 Å². The van der Waals surface area contributed by atoms with Gasteiger partial charge in [-0.2, -0.15) is 0 Å². The number of likely N-dealkylation sites (N-methyl/N-ethyl adjacent to an activating group) is 1. The van der Waals surface area contributed by atoms with Crippen LogP contribution in [0.1, 0.15) is 26.2 Å². The number of hydrogen-bond donors (Lipinski definition) is 1. The molecule has 1 aliphatic heterocycles. The summed E-state index contributed by atoms with van der Waals surface area (Å²) in [7, 11) is 0. The van der Waals surface area contributed by atoms with Crippen LogP contribution in [0.5, 0.6) is 0 Å². The molecule has 1 aliphatic carbocycles. The summed E-state index contributed by atoms with van der Waals surface area (Å²) in [6.07, 6.45) is 4.50. The number of nitrogens with zero attached hydrogens (tertiary/aromatic N) is 1. The molecule has 0 atom stereocenters. The summed E-state index contributed by atoms with van der Waals surface area (Å²) in [4.78, 5) is 2.59. The fraction of sp³-hybridized carbons (Fsp3) is 1.00. The summed E-state index contributed by atoms with van der Waals surface area (Å²) < 4.78 is 0. The van der Waals surface area contributed by atoms with Crippen LogP contribution in [0, 0.1) is 5.41 Å². The van der Waals surface area contributed by atoms with Gasteiger partial charge < -0.3 is 10.2 Å². The molecule has 2 fully saturated rings. The molecule has 0 radical (unpaired) electrons. The predicted octanol–water partition coefficient (Wildman–Crippen LogP) is 1.08. The predicted molar refractivity (Wildman–Crippen MR) is 51.3 cm³/mol. The molecule has 2 heteroatoms. The minimum Gasteiger partial charge on any atom is -0.316 e. The highest BCUT2D eigenvalue weighted by atomic mass is 15.2. The van der Waals surface area contributed by atoms with Crippen molar-refractivity contribution in [3.63, 3.8) is 0 Å². The van der Waals surface area contributed by atoms with Crippen LogP contribution in [0.2, 0.25) is 0 Å². The Morgan fingerprint density at radius 3 is 2.58 bits per heavy atom. The van der Waals surface area contributed by atoms with Crippen LogP contribution in [-0.2, 0) is 0 Å². The molecule has 0 aromatic rings. The van der Waals surface area contributed by atoms with E-state index in [1.807, 2.05) is 0 Å². The van der Waals surface area contributed by atoms with Crippen LogP contribution in [-0.4, -0.2) is 37.6 Å². The van der Waals surface area contributed by atoms with Crippen molar-refractivity contribution < 1.29 is 0 Å². The van der Waals surface area contributed by atoms with E-state index in [2.05, 4.69) is 17.1 Å². The average molecular weight is 168 g/mol. The van der Waals surface area contributed by atoms with Gasteiger partial charge in [0.25, 0.3) is 0 Å². The van der Waals surface area contributed by atoms with Crippen molar-refractivity contribution in [2.75, 3.05) is 32.7 Å². The molecule has 1 saturated carbocycles. The zero-order valence-corrected chi connectivity index (χ0v) is 8.10. The molecular formula is C10H20N2. The summed E-state index contributed by atoms with van der Waals surface area (Å²) in [6, 6.07) is 0. The second kappa shape index (κ2) is 3.35. The van der Waals surface area contributed by atoms with Crippen LogP contribution in [0.25, 0.3) is 0 Å². The normalized spacial score (nSPS) is 26.8. The lowest BCUT2D eigenvalue weighted by molar-refractivity contribution is -0.0584. The lowest BCUT2D eigenvalue weighted by Crippen LogP contribution is -2.60. The van der Waals surface area contributed by atoms with E-state index in [4.69, 9.17) is 0 Å². The van der Waals surface area contributed by atoms with E-state index >= 15 is 0 Å². The fourth-order valence-electron chi connectivity index (χ4n) is 2.47. The van der Waals surface area contributed by atoms with Gasteiger partial charge >= 0.3 is 0 Å². The molecular weight excluding hydrogens is 148 g/mol. The quantitative estimate of drug-likeness (QED) is 0.632. The zero-order chi connectivity index (χ0) is 8.44. The Hall–Kier alpha value is -0.0800. The Bertz CT molecular complexity index is 144. The molecule has 12 heavy (non-hydrogen) atoms. The first kappa shape index (κ1) is 8.52. The summed E-state index contributed by atoms with van der Waals surface area (Å²) in [5, 5.41) is 3.37. The van der Waals surface area contributed by atoms with Crippen LogP contribution < -0.4 is 5.32 Å². The number of likely N-dealkylation sites (tertiary alicyclic amines) is 1. The van der Waals surface area contributed by atoms with Crippen molar-refractivity contribution in [2.45, 2.75) is 26.2 Å². The Balaban J connectivity index is 1.56. The molecule has 0 amide bonds. The van der Waals surface area contributed by atoms with Crippen LogP contribution in [0.4, 0.5) is 0 Å². The topological polar surface area (TPSA) is 15.3 Å². The molecule has 0 unspecified atom stereocenters. The van der Waals surface area contributed by atoms with Crippen molar-refractivity contribution in [1.29, 1.82) is 0 Å². The number of nitrogens with one attached hydrogen (secondary N) is 1. The maximum absolute atomic E-state index is 3.37. The monoisotopic (exact) mass is 168 g/mol. The number of rotatable bonds is 4. The van der Waals surface area contributed by atoms with Gasteiger partial charge in [0.05, 0.1) is 0 Å². The van der Waals surface area contributed by atoms with E-state index < -0.39 is 0 Å². The molecule has 1 spiro atoms. The molecule has 0 bridgehead atoms. The van der Waals surface area contributed by atoms with Gasteiger partial charge in [-0.1, -0.05) is 13.3 Å².